The number of hydrogen-bond donors (Lipinski definition) is 0. The van der Waals surface area contributed by atoms with E-state index in [-0.39, 0.29) is 6.04 Å². The predicted molar refractivity (Wildman–Crippen MR) is 97.3 cm³/mol. The lowest BCUT2D eigenvalue weighted by molar-refractivity contribution is 0.197. The molecule has 1 aliphatic heterocycles. The van der Waals surface area contributed by atoms with E-state index in [1.165, 1.54) is 0 Å². The van der Waals surface area contributed by atoms with Gasteiger partial charge in [-0.25, -0.2) is 8.42 Å². The van der Waals surface area contributed by atoms with Crippen LogP contribution in [0.25, 0.3) is 11.1 Å². The minimum absolute atomic E-state index is 0.0833. The fourth-order valence-electron chi connectivity index (χ4n) is 3.17. The van der Waals surface area contributed by atoms with Gasteiger partial charge in [-0.2, -0.15) is 4.31 Å². The van der Waals surface area contributed by atoms with Crippen molar-refractivity contribution >= 4 is 10.0 Å². The van der Waals surface area contributed by atoms with Crippen LogP contribution in [0.3, 0.4) is 0 Å². The van der Waals surface area contributed by atoms with E-state index in [1.807, 2.05) is 42.5 Å². The molecule has 0 N–H and O–H groups in total. The summed E-state index contributed by atoms with van der Waals surface area (Å²) in [5.74, 6) is 0. The van der Waals surface area contributed by atoms with Gasteiger partial charge < -0.3 is 4.90 Å². The van der Waals surface area contributed by atoms with Crippen molar-refractivity contribution in [2.75, 3.05) is 27.2 Å². The fraction of sp³-hybridized carbons (Fsp3) is 0.368. The molecule has 3 rings (SSSR count). The molecular weight excluding hydrogens is 320 g/mol. The van der Waals surface area contributed by atoms with E-state index in [0.717, 1.165) is 37.1 Å². The van der Waals surface area contributed by atoms with Crippen molar-refractivity contribution in [2.45, 2.75) is 23.8 Å². The quantitative estimate of drug-likeness (QED) is 0.856. The molecule has 128 valence electrons. The Morgan fingerprint density at radius 1 is 0.917 bits per heavy atom. The van der Waals surface area contributed by atoms with Crippen LogP contribution in [-0.4, -0.2) is 50.8 Å². The molecule has 5 heteroatoms. The minimum Gasteiger partial charge on any atom is -0.306 e. The van der Waals surface area contributed by atoms with Crippen LogP contribution >= 0.6 is 0 Å². The number of benzene rings is 2. The molecule has 0 amide bonds. The first kappa shape index (κ1) is 17.1. The Balaban J connectivity index is 1.79. The third-order valence-corrected chi connectivity index (χ3v) is 6.77. The summed E-state index contributed by atoms with van der Waals surface area (Å²) in [6.45, 7) is 1.88. The molecule has 1 aliphatic rings. The normalized spacial score (nSPS) is 17.3. The average molecular weight is 344 g/mol. The number of piperidine rings is 1. The number of likely N-dealkylation sites (tertiary alicyclic amines) is 1. The SMILES string of the molecule is CN1CCC(N(C)S(=O)(=O)c2ccc(-c3ccccc3)cc2)CC1. The van der Waals surface area contributed by atoms with Crippen LogP contribution in [-0.2, 0) is 10.0 Å². The van der Waals surface area contributed by atoms with Crippen LogP contribution in [0.1, 0.15) is 12.8 Å². The summed E-state index contributed by atoms with van der Waals surface area (Å²) in [5.41, 5.74) is 2.11. The van der Waals surface area contributed by atoms with Crippen LogP contribution < -0.4 is 0 Å². The molecule has 0 aromatic heterocycles. The Morgan fingerprint density at radius 2 is 1.46 bits per heavy atom. The van der Waals surface area contributed by atoms with E-state index in [9.17, 15) is 8.42 Å². The van der Waals surface area contributed by atoms with Crippen molar-refractivity contribution < 1.29 is 8.42 Å². The fourth-order valence-corrected chi connectivity index (χ4v) is 4.59. The molecule has 0 radical (unpaired) electrons. The largest absolute Gasteiger partial charge is 0.306 e. The summed E-state index contributed by atoms with van der Waals surface area (Å²) in [6, 6.07) is 17.2. The van der Waals surface area contributed by atoms with Gasteiger partial charge in [-0.3, -0.25) is 0 Å². The summed E-state index contributed by atoms with van der Waals surface area (Å²) in [6.07, 6.45) is 1.77. The molecule has 2 aromatic rings. The average Bonchev–Trinajstić information content (AvgIpc) is 2.62. The number of rotatable bonds is 4. The van der Waals surface area contributed by atoms with Crippen LogP contribution in [0.5, 0.6) is 0 Å². The van der Waals surface area contributed by atoms with Crippen LogP contribution in [0.2, 0.25) is 0 Å². The second kappa shape index (κ2) is 7.05. The van der Waals surface area contributed by atoms with Gasteiger partial charge in [0.1, 0.15) is 0 Å². The maximum Gasteiger partial charge on any atom is 0.243 e. The van der Waals surface area contributed by atoms with Gasteiger partial charge in [0.25, 0.3) is 0 Å². The Bertz CT molecular complexity index is 765. The third kappa shape index (κ3) is 3.53. The second-order valence-electron chi connectivity index (χ2n) is 6.45. The summed E-state index contributed by atoms with van der Waals surface area (Å²) in [5, 5.41) is 0. The zero-order valence-electron chi connectivity index (χ0n) is 14.2. The lowest BCUT2D eigenvalue weighted by atomic mass is 10.1. The first-order chi connectivity index (χ1) is 11.5. The number of nitrogens with zero attached hydrogens (tertiary/aromatic N) is 2. The van der Waals surface area contributed by atoms with E-state index >= 15 is 0 Å². The Hall–Kier alpha value is -1.69. The third-order valence-electron chi connectivity index (χ3n) is 4.84. The van der Waals surface area contributed by atoms with E-state index in [2.05, 4.69) is 11.9 Å². The van der Waals surface area contributed by atoms with Crippen LogP contribution in [0.4, 0.5) is 0 Å². The molecule has 0 spiro atoms. The van der Waals surface area contributed by atoms with Gasteiger partial charge >= 0.3 is 0 Å². The zero-order chi connectivity index (χ0) is 17.2. The summed E-state index contributed by atoms with van der Waals surface area (Å²) in [7, 11) is 0.341. The molecular formula is C19H24N2O2S. The summed E-state index contributed by atoms with van der Waals surface area (Å²) < 4.78 is 27.3. The molecule has 1 heterocycles. The molecule has 0 unspecified atom stereocenters. The molecule has 24 heavy (non-hydrogen) atoms. The van der Waals surface area contributed by atoms with Gasteiger partial charge in [0, 0.05) is 13.1 Å². The zero-order valence-corrected chi connectivity index (χ0v) is 15.0. The molecule has 0 aliphatic carbocycles. The summed E-state index contributed by atoms with van der Waals surface area (Å²) >= 11 is 0. The molecule has 1 fully saturated rings. The lowest BCUT2D eigenvalue weighted by Gasteiger charge is -2.34. The van der Waals surface area contributed by atoms with Gasteiger partial charge in [0.05, 0.1) is 4.90 Å². The van der Waals surface area contributed by atoms with Crippen molar-refractivity contribution in [1.29, 1.82) is 0 Å². The molecule has 0 atom stereocenters. The van der Waals surface area contributed by atoms with Crippen molar-refractivity contribution in [1.82, 2.24) is 9.21 Å². The Morgan fingerprint density at radius 3 is 2.04 bits per heavy atom. The summed E-state index contributed by atoms with van der Waals surface area (Å²) in [4.78, 5) is 2.61. The van der Waals surface area contributed by atoms with Gasteiger partial charge in [-0.05, 0) is 56.2 Å². The van der Waals surface area contributed by atoms with Gasteiger partial charge in [0.2, 0.25) is 10.0 Å². The highest BCUT2D eigenvalue weighted by Crippen LogP contribution is 2.25. The van der Waals surface area contributed by atoms with Crippen LogP contribution in [0, 0.1) is 0 Å². The van der Waals surface area contributed by atoms with Crippen LogP contribution in [0.15, 0.2) is 59.5 Å². The molecule has 2 aromatic carbocycles. The Kier molecular flexibility index (Phi) is 5.04. The van der Waals surface area contributed by atoms with E-state index < -0.39 is 10.0 Å². The molecule has 1 saturated heterocycles. The van der Waals surface area contributed by atoms with Crippen molar-refractivity contribution in [2.24, 2.45) is 0 Å². The lowest BCUT2D eigenvalue weighted by Crippen LogP contribution is -2.44. The van der Waals surface area contributed by atoms with E-state index in [0.29, 0.717) is 4.90 Å². The van der Waals surface area contributed by atoms with E-state index in [4.69, 9.17) is 0 Å². The molecule has 0 bridgehead atoms. The topological polar surface area (TPSA) is 40.6 Å². The smallest absolute Gasteiger partial charge is 0.243 e. The first-order valence-electron chi connectivity index (χ1n) is 8.30. The monoisotopic (exact) mass is 344 g/mol. The highest BCUT2D eigenvalue weighted by atomic mass is 32.2. The van der Waals surface area contributed by atoms with Gasteiger partial charge in [-0.15, -0.1) is 0 Å². The molecule has 4 nitrogen and oxygen atoms in total. The second-order valence-corrected chi connectivity index (χ2v) is 8.44. The minimum atomic E-state index is -3.44. The number of sulfonamides is 1. The van der Waals surface area contributed by atoms with Gasteiger partial charge in [-0.1, -0.05) is 42.5 Å². The van der Waals surface area contributed by atoms with Crippen molar-refractivity contribution in [3.05, 3.63) is 54.6 Å². The van der Waals surface area contributed by atoms with E-state index in [1.54, 1.807) is 23.5 Å². The maximum absolute atomic E-state index is 12.9. The predicted octanol–water partition coefficient (Wildman–Crippen LogP) is 3.07. The number of hydrogen-bond acceptors (Lipinski definition) is 3. The van der Waals surface area contributed by atoms with Crippen molar-refractivity contribution in [3.8, 4) is 11.1 Å². The highest BCUT2D eigenvalue weighted by molar-refractivity contribution is 7.89. The molecule has 0 saturated carbocycles. The Labute approximate surface area is 144 Å². The standard InChI is InChI=1S/C19H24N2O2S/c1-20-14-12-18(13-15-20)21(2)24(22,23)19-10-8-17(9-11-19)16-6-4-3-5-7-16/h3-11,18H,12-15H2,1-2H3. The van der Waals surface area contributed by atoms with Crippen molar-refractivity contribution in [3.63, 3.8) is 0 Å². The highest BCUT2D eigenvalue weighted by Gasteiger charge is 2.30. The maximum atomic E-state index is 12.9. The van der Waals surface area contributed by atoms with Gasteiger partial charge in [0.15, 0.2) is 0 Å². The first-order valence-corrected chi connectivity index (χ1v) is 9.74.